The van der Waals surface area contributed by atoms with Crippen molar-refractivity contribution in [3.63, 3.8) is 0 Å². The summed E-state index contributed by atoms with van der Waals surface area (Å²) in [5.41, 5.74) is 10.1. The van der Waals surface area contributed by atoms with Crippen molar-refractivity contribution < 1.29 is 28.7 Å². The Labute approximate surface area is 178 Å². The third kappa shape index (κ3) is 2.68. The number of Topliss-reactive ketones (excluding diaryl/α,β-unsaturated/α-hetero) is 2. The number of carbonyl (C=O) groups excluding carboxylic acids is 4. The maximum absolute atomic E-state index is 13.1. The number of nitrogens with zero attached hydrogens (tertiary/aromatic N) is 3. The second kappa shape index (κ2) is 7.09. The van der Waals surface area contributed by atoms with Gasteiger partial charge in [-0.15, -0.1) is 0 Å². The zero-order valence-electron chi connectivity index (χ0n) is 17.2. The Morgan fingerprint density at radius 1 is 1.32 bits per heavy atom. The molecule has 11 heteroatoms. The lowest BCUT2D eigenvalue weighted by atomic mass is 9.82. The lowest BCUT2D eigenvalue weighted by Gasteiger charge is -2.41. The smallest absolute Gasteiger partial charge is 0.404 e. The van der Waals surface area contributed by atoms with Gasteiger partial charge in [-0.05, 0) is 6.92 Å². The van der Waals surface area contributed by atoms with Crippen molar-refractivity contribution in [2.75, 3.05) is 26.8 Å². The lowest BCUT2D eigenvalue weighted by molar-refractivity contribution is -0.153. The lowest BCUT2D eigenvalue weighted by Crippen LogP contribution is -2.56. The highest BCUT2D eigenvalue weighted by Gasteiger charge is 2.77. The molecule has 0 aromatic heterocycles. The summed E-state index contributed by atoms with van der Waals surface area (Å²) in [6.45, 7) is 8.61. The van der Waals surface area contributed by atoms with E-state index in [0.717, 1.165) is 0 Å². The molecule has 2 fully saturated rings. The van der Waals surface area contributed by atoms with Gasteiger partial charge in [0.25, 0.3) is 0 Å². The molecule has 2 saturated heterocycles. The number of allylic oxidation sites excluding steroid dienone is 2. The van der Waals surface area contributed by atoms with Crippen LogP contribution in [0.4, 0.5) is 4.79 Å². The SMILES string of the molecule is [C-]#[N+]CCCC(=O)N1C2CN3C4=C(C(=O)C(N)=C(C)C4=O)[C@@H](COC(N)=O)[C@@]3(OC)[C@H]21. The van der Waals surface area contributed by atoms with E-state index < -0.39 is 29.6 Å². The van der Waals surface area contributed by atoms with Gasteiger partial charge in [-0.25, -0.2) is 11.4 Å². The third-order valence-electron chi connectivity index (χ3n) is 6.64. The van der Waals surface area contributed by atoms with Crippen molar-refractivity contribution in [1.82, 2.24) is 9.80 Å². The number of fused-ring (bicyclic) bond motifs is 4. The largest absolute Gasteiger partial charge is 0.449 e. The Bertz CT molecular complexity index is 1010. The molecule has 164 valence electrons. The maximum Gasteiger partial charge on any atom is 0.404 e. The van der Waals surface area contributed by atoms with Crippen molar-refractivity contribution in [2.45, 2.75) is 37.6 Å². The van der Waals surface area contributed by atoms with Crippen LogP contribution in [-0.2, 0) is 23.9 Å². The van der Waals surface area contributed by atoms with Crippen LogP contribution < -0.4 is 11.5 Å². The molecule has 4 N–H and O–H groups in total. The molecule has 11 nitrogen and oxygen atoms in total. The van der Waals surface area contributed by atoms with Crippen molar-refractivity contribution in [2.24, 2.45) is 17.4 Å². The maximum atomic E-state index is 13.1. The van der Waals surface area contributed by atoms with Gasteiger partial charge in [0.05, 0.1) is 23.4 Å². The molecule has 2 amide bonds. The number of ether oxygens (including phenoxy) is 2. The summed E-state index contributed by atoms with van der Waals surface area (Å²) in [5, 5.41) is 0. The molecule has 0 aromatic carbocycles. The fourth-order valence-corrected chi connectivity index (χ4v) is 5.26. The first kappa shape index (κ1) is 20.9. The summed E-state index contributed by atoms with van der Waals surface area (Å²) in [6, 6.07) is -0.649. The average molecular weight is 429 g/mol. The van der Waals surface area contributed by atoms with E-state index in [9.17, 15) is 19.2 Å². The van der Waals surface area contributed by atoms with Crippen molar-refractivity contribution >= 4 is 23.6 Å². The van der Waals surface area contributed by atoms with E-state index in [1.807, 2.05) is 0 Å². The minimum atomic E-state index is -1.25. The molecule has 0 aromatic rings. The van der Waals surface area contributed by atoms with Crippen LogP contribution >= 0.6 is 0 Å². The monoisotopic (exact) mass is 429 g/mol. The van der Waals surface area contributed by atoms with Crippen LogP contribution in [0.5, 0.6) is 0 Å². The van der Waals surface area contributed by atoms with Crippen molar-refractivity contribution in [1.29, 1.82) is 0 Å². The van der Waals surface area contributed by atoms with Crippen LogP contribution in [0.1, 0.15) is 19.8 Å². The molecule has 0 saturated carbocycles. The fraction of sp³-hybridized carbons (Fsp3) is 0.550. The number of piperazine rings is 1. The Hall–Kier alpha value is -3.39. The van der Waals surface area contributed by atoms with Gasteiger partial charge in [-0.2, -0.15) is 0 Å². The van der Waals surface area contributed by atoms with Gasteiger partial charge in [-0.1, -0.05) is 0 Å². The Kier molecular flexibility index (Phi) is 4.77. The van der Waals surface area contributed by atoms with Gasteiger partial charge < -0.3 is 35.6 Å². The van der Waals surface area contributed by atoms with E-state index >= 15 is 0 Å². The van der Waals surface area contributed by atoms with E-state index in [4.69, 9.17) is 27.5 Å². The predicted molar refractivity (Wildman–Crippen MR) is 105 cm³/mol. The third-order valence-corrected chi connectivity index (χ3v) is 6.64. The molecule has 4 aliphatic rings. The number of rotatable bonds is 6. The Morgan fingerprint density at radius 3 is 2.65 bits per heavy atom. The standard InChI is InChI=1S/C20H23N5O6/c1-9-14(21)17(28)13-10(8-31-19(22)29)20(30-3)18-11(7-24(20)15(13)16(9)27)25(18)12(26)5-4-6-23-2/h10-11,18H,4-8,21H2,1,3H3,(H2,22,29)/t10-,11?,18+,20-,25?/m1/s1. The molecule has 3 heterocycles. The van der Waals surface area contributed by atoms with Crippen LogP contribution in [-0.4, -0.2) is 78.0 Å². The summed E-state index contributed by atoms with van der Waals surface area (Å²) in [5.74, 6) is -1.87. The van der Waals surface area contributed by atoms with E-state index in [0.29, 0.717) is 13.0 Å². The van der Waals surface area contributed by atoms with Gasteiger partial charge in [0.1, 0.15) is 12.6 Å². The molecule has 1 aliphatic carbocycles. The van der Waals surface area contributed by atoms with Crippen LogP contribution in [0.25, 0.3) is 4.85 Å². The summed E-state index contributed by atoms with van der Waals surface area (Å²) >= 11 is 0. The summed E-state index contributed by atoms with van der Waals surface area (Å²) in [4.78, 5) is 56.8. The first-order valence-electron chi connectivity index (χ1n) is 9.91. The topological polar surface area (TPSA) is 149 Å². The van der Waals surface area contributed by atoms with Crippen LogP contribution in [0, 0.1) is 12.5 Å². The highest BCUT2D eigenvalue weighted by Crippen LogP contribution is 2.59. The number of carbonyl (C=O) groups is 4. The van der Waals surface area contributed by atoms with Gasteiger partial charge in [0.2, 0.25) is 24.0 Å². The highest BCUT2D eigenvalue weighted by molar-refractivity contribution is 6.25. The first-order valence-corrected chi connectivity index (χ1v) is 9.91. The van der Waals surface area contributed by atoms with E-state index in [1.54, 1.807) is 9.80 Å². The quantitative estimate of drug-likeness (QED) is 0.243. The van der Waals surface area contributed by atoms with Crippen molar-refractivity contribution in [3.05, 3.63) is 34.0 Å². The van der Waals surface area contributed by atoms with Gasteiger partial charge in [-0.3, -0.25) is 14.4 Å². The summed E-state index contributed by atoms with van der Waals surface area (Å²) in [7, 11) is 1.43. The van der Waals surface area contributed by atoms with Gasteiger partial charge in [0, 0.05) is 37.6 Å². The van der Waals surface area contributed by atoms with Crippen molar-refractivity contribution in [3.8, 4) is 0 Å². The van der Waals surface area contributed by atoms with E-state index in [1.165, 1.54) is 14.0 Å². The first-order chi connectivity index (χ1) is 14.7. The number of hydrogen-bond donors (Lipinski definition) is 2. The predicted octanol–water partition coefficient (Wildman–Crippen LogP) is -0.713. The Morgan fingerprint density at radius 2 is 2.03 bits per heavy atom. The molecule has 0 spiro atoms. The second-order valence-electron chi connectivity index (χ2n) is 8.01. The van der Waals surface area contributed by atoms with Gasteiger partial charge >= 0.3 is 6.09 Å². The summed E-state index contributed by atoms with van der Waals surface area (Å²) in [6.07, 6.45) is -0.365. The number of hydrogen-bond acceptors (Lipinski definition) is 8. The second-order valence-corrected chi connectivity index (χ2v) is 8.01. The van der Waals surface area contributed by atoms with Crippen LogP contribution in [0.2, 0.25) is 0 Å². The molecule has 1 unspecified atom stereocenters. The number of ketones is 2. The molecule has 3 aliphatic heterocycles. The number of nitrogens with two attached hydrogens (primary N) is 2. The normalized spacial score (nSPS) is 30.8. The van der Waals surface area contributed by atoms with Crippen LogP contribution in [0.3, 0.4) is 0 Å². The molecule has 0 radical (unpaired) electrons. The average Bonchev–Trinajstić information content (AvgIpc) is 3.25. The fourth-order valence-electron chi connectivity index (χ4n) is 5.26. The molecule has 4 atom stereocenters. The van der Waals surface area contributed by atoms with E-state index in [-0.39, 0.29) is 59.8 Å². The molecule has 31 heavy (non-hydrogen) atoms. The number of methoxy groups -OCH3 is 1. The minimum absolute atomic E-state index is 0.124. The number of amides is 2. The molecular formula is C20H23N5O6. The number of primary amides is 1. The zero-order chi connectivity index (χ0) is 22.7. The summed E-state index contributed by atoms with van der Waals surface area (Å²) < 4.78 is 11.0. The highest BCUT2D eigenvalue weighted by atomic mass is 16.6. The molecule has 4 rings (SSSR count). The minimum Gasteiger partial charge on any atom is -0.449 e. The Balaban J connectivity index is 1.72. The molecular weight excluding hydrogens is 406 g/mol. The van der Waals surface area contributed by atoms with E-state index in [2.05, 4.69) is 4.85 Å². The zero-order valence-corrected chi connectivity index (χ0v) is 17.2. The van der Waals surface area contributed by atoms with Crippen LogP contribution in [0.15, 0.2) is 22.5 Å². The van der Waals surface area contributed by atoms with Gasteiger partial charge in [0.15, 0.2) is 5.72 Å². The molecule has 0 bridgehead atoms.